The van der Waals surface area contributed by atoms with E-state index in [-0.39, 0.29) is 12.8 Å². The molecule has 0 heterocycles. The zero-order chi connectivity index (χ0) is 29.9. The van der Waals surface area contributed by atoms with Crippen LogP contribution in [0.4, 0.5) is 21.9 Å². The molecule has 1 unspecified atom stereocenters. The molecule has 4 amide bonds. The Bertz CT molecular complexity index is 1390. The molecule has 41 heavy (non-hydrogen) atoms. The maximum absolute atomic E-state index is 12.9. The van der Waals surface area contributed by atoms with E-state index >= 15 is 0 Å². The lowest BCUT2D eigenvalue weighted by atomic mass is 10.0. The minimum absolute atomic E-state index is 0.129. The number of nitrogens with one attached hydrogen (secondary N) is 4. The number of hydrogen-bond donors (Lipinski definition) is 5. The maximum atomic E-state index is 12.9. The lowest BCUT2D eigenvalue weighted by Crippen LogP contribution is -2.35. The predicted octanol–water partition coefficient (Wildman–Crippen LogP) is 4.95. The van der Waals surface area contributed by atoms with Crippen LogP contribution >= 0.6 is 0 Å². The third-order valence-corrected chi connectivity index (χ3v) is 6.26. The smallest absolute Gasteiger partial charge is 0.323 e. The van der Waals surface area contributed by atoms with Gasteiger partial charge in [0.25, 0.3) is 0 Å². The van der Waals surface area contributed by atoms with Crippen molar-refractivity contribution in [1.82, 2.24) is 5.32 Å². The number of carboxylic acid groups (broad SMARTS) is 1. The number of para-hydroxylation sites is 1. The number of rotatable bonds is 12. The van der Waals surface area contributed by atoms with Gasteiger partial charge in [-0.15, -0.1) is 0 Å². The van der Waals surface area contributed by atoms with Crippen molar-refractivity contribution >= 4 is 40.9 Å². The van der Waals surface area contributed by atoms with Crippen LogP contribution in [0.25, 0.3) is 0 Å². The van der Waals surface area contributed by atoms with E-state index in [1.807, 2.05) is 25.1 Å². The van der Waals surface area contributed by atoms with Crippen molar-refractivity contribution in [2.75, 3.05) is 30.2 Å². The summed E-state index contributed by atoms with van der Waals surface area (Å²) in [6.07, 6.45) is -0.486. The first-order valence-corrected chi connectivity index (χ1v) is 12.9. The Kier molecular flexibility index (Phi) is 10.7. The number of carbonyl (C=O) groups is 4. The van der Waals surface area contributed by atoms with Crippen LogP contribution in [0.1, 0.15) is 36.9 Å². The fourth-order valence-electron chi connectivity index (χ4n) is 4.03. The monoisotopic (exact) mass is 562 g/mol. The van der Waals surface area contributed by atoms with Crippen LogP contribution in [-0.2, 0) is 14.4 Å². The van der Waals surface area contributed by atoms with Gasteiger partial charge in [0.05, 0.1) is 26.7 Å². The summed E-state index contributed by atoms with van der Waals surface area (Å²) in [5.41, 5.74) is 3.17. The first-order valence-electron chi connectivity index (χ1n) is 12.9. The third-order valence-electron chi connectivity index (χ3n) is 6.26. The SMILES string of the molecule is COc1ccc([C@H](CC(=O)O)NC(=O)C(C)CC(=O)Nc2ccc(NC(=O)Nc3ccccc3C)cc2)cc1OC. The molecule has 3 rings (SSSR count). The van der Waals surface area contributed by atoms with Gasteiger partial charge < -0.3 is 35.8 Å². The summed E-state index contributed by atoms with van der Waals surface area (Å²) in [5, 5.41) is 20.3. The Balaban J connectivity index is 1.55. The van der Waals surface area contributed by atoms with Gasteiger partial charge in [-0.05, 0) is 60.5 Å². The zero-order valence-electron chi connectivity index (χ0n) is 23.3. The number of urea groups is 1. The van der Waals surface area contributed by atoms with Crippen molar-refractivity contribution in [3.05, 3.63) is 77.9 Å². The van der Waals surface area contributed by atoms with Crippen molar-refractivity contribution in [2.45, 2.75) is 32.7 Å². The van der Waals surface area contributed by atoms with Gasteiger partial charge in [-0.2, -0.15) is 0 Å². The van der Waals surface area contributed by atoms with Crippen LogP contribution in [0.15, 0.2) is 66.7 Å². The first kappa shape index (κ1) is 30.5. The van der Waals surface area contributed by atoms with E-state index in [2.05, 4.69) is 21.3 Å². The van der Waals surface area contributed by atoms with Gasteiger partial charge in [-0.25, -0.2) is 4.79 Å². The molecule has 11 heteroatoms. The molecule has 0 spiro atoms. The molecule has 0 aliphatic carbocycles. The summed E-state index contributed by atoms with van der Waals surface area (Å²) in [7, 11) is 2.94. The van der Waals surface area contributed by atoms with Crippen LogP contribution in [0.3, 0.4) is 0 Å². The zero-order valence-corrected chi connectivity index (χ0v) is 23.3. The molecule has 3 aromatic rings. The number of ether oxygens (including phenoxy) is 2. The quantitative estimate of drug-likeness (QED) is 0.209. The van der Waals surface area contributed by atoms with Crippen molar-refractivity contribution in [2.24, 2.45) is 5.92 Å². The Morgan fingerprint density at radius 3 is 2.05 bits per heavy atom. The fourth-order valence-corrected chi connectivity index (χ4v) is 4.03. The average molecular weight is 563 g/mol. The number of carboxylic acids is 1. The van der Waals surface area contributed by atoms with E-state index in [1.165, 1.54) is 14.2 Å². The molecule has 2 atom stereocenters. The van der Waals surface area contributed by atoms with E-state index in [0.717, 1.165) is 5.56 Å². The Morgan fingerprint density at radius 2 is 1.44 bits per heavy atom. The highest BCUT2D eigenvalue weighted by Crippen LogP contribution is 2.31. The molecule has 11 nitrogen and oxygen atoms in total. The van der Waals surface area contributed by atoms with Crippen LogP contribution in [0.5, 0.6) is 11.5 Å². The van der Waals surface area contributed by atoms with Gasteiger partial charge in [-0.3, -0.25) is 14.4 Å². The van der Waals surface area contributed by atoms with Crippen molar-refractivity contribution in [3.8, 4) is 11.5 Å². The number of benzene rings is 3. The van der Waals surface area contributed by atoms with E-state index in [4.69, 9.17) is 9.47 Å². The summed E-state index contributed by atoms with van der Waals surface area (Å²) >= 11 is 0. The van der Waals surface area contributed by atoms with Crippen molar-refractivity contribution < 1.29 is 33.8 Å². The number of aryl methyl sites for hydroxylation is 1. The molecule has 0 aromatic heterocycles. The molecule has 0 fully saturated rings. The highest BCUT2D eigenvalue weighted by atomic mass is 16.5. The van der Waals surface area contributed by atoms with Gasteiger partial charge in [0.15, 0.2) is 11.5 Å². The maximum Gasteiger partial charge on any atom is 0.323 e. The number of carbonyl (C=O) groups excluding carboxylic acids is 3. The van der Waals surface area contributed by atoms with Crippen LogP contribution in [0, 0.1) is 12.8 Å². The summed E-state index contributed by atoms with van der Waals surface area (Å²) in [6.45, 7) is 3.48. The standard InChI is InChI=1S/C30H34N4O7/c1-18-7-5-6-8-23(18)34-30(39)32-22-12-10-21(11-13-22)31-27(35)15-19(2)29(38)33-24(17-28(36)37)20-9-14-25(40-3)26(16-20)41-4/h5-14,16,19,24H,15,17H2,1-4H3,(H,31,35)(H,33,38)(H,36,37)(H2,32,34,39)/t19?,24-/m0/s1. The highest BCUT2D eigenvalue weighted by Gasteiger charge is 2.24. The second-order valence-electron chi connectivity index (χ2n) is 9.40. The number of amides is 4. The number of aliphatic carboxylic acids is 1. The molecule has 0 saturated carbocycles. The van der Waals surface area contributed by atoms with Crippen LogP contribution < -0.4 is 30.7 Å². The molecule has 0 aliphatic heterocycles. The van der Waals surface area contributed by atoms with Gasteiger partial charge in [-0.1, -0.05) is 31.2 Å². The average Bonchev–Trinajstić information content (AvgIpc) is 2.94. The van der Waals surface area contributed by atoms with Crippen molar-refractivity contribution in [1.29, 1.82) is 0 Å². The Hall–Kier alpha value is -5.06. The third kappa shape index (κ3) is 8.99. The van der Waals surface area contributed by atoms with E-state index in [1.54, 1.807) is 55.5 Å². The minimum atomic E-state index is -1.10. The second kappa shape index (κ2) is 14.4. The van der Waals surface area contributed by atoms with E-state index in [9.17, 15) is 24.3 Å². The van der Waals surface area contributed by atoms with Gasteiger partial charge >= 0.3 is 12.0 Å². The number of anilines is 3. The van der Waals surface area contributed by atoms with E-state index < -0.39 is 35.8 Å². The first-order chi connectivity index (χ1) is 19.6. The second-order valence-corrected chi connectivity index (χ2v) is 9.40. The minimum Gasteiger partial charge on any atom is -0.493 e. The molecule has 0 aliphatic rings. The van der Waals surface area contributed by atoms with Gasteiger partial charge in [0.2, 0.25) is 11.8 Å². The highest BCUT2D eigenvalue weighted by molar-refractivity contribution is 6.00. The summed E-state index contributed by atoms with van der Waals surface area (Å²) in [5.74, 6) is -1.84. The normalized spacial score (nSPS) is 11.9. The molecule has 5 N–H and O–H groups in total. The molecule has 0 saturated heterocycles. The van der Waals surface area contributed by atoms with Crippen LogP contribution in [-0.4, -0.2) is 43.1 Å². The van der Waals surface area contributed by atoms with Crippen molar-refractivity contribution in [3.63, 3.8) is 0 Å². The summed E-state index contributed by atoms with van der Waals surface area (Å²) < 4.78 is 10.5. The molecule has 216 valence electrons. The summed E-state index contributed by atoms with van der Waals surface area (Å²) in [6, 6.07) is 17.6. The predicted molar refractivity (Wildman–Crippen MR) is 155 cm³/mol. The lowest BCUT2D eigenvalue weighted by Gasteiger charge is -2.21. The number of methoxy groups -OCH3 is 2. The lowest BCUT2D eigenvalue weighted by molar-refractivity contribution is -0.138. The largest absolute Gasteiger partial charge is 0.493 e. The molecular formula is C30H34N4O7. The van der Waals surface area contributed by atoms with Gasteiger partial charge in [0.1, 0.15) is 0 Å². The molecule has 3 aromatic carbocycles. The number of hydrogen-bond acceptors (Lipinski definition) is 6. The molecule has 0 radical (unpaired) electrons. The van der Waals surface area contributed by atoms with Gasteiger partial charge in [0, 0.05) is 29.4 Å². The van der Waals surface area contributed by atoms with E-state index in [0.29, 0.717) is 34.1 Å². The molecule has 0 bridgehead atoms. The Morgan fingerprint density at radius 1 is 0.805 bits per heavy atom. The fraction of sp³-hybridized carbons (Fsp3) is 0.267. The summed E-state index contributed by atoms with van der Waals surface area (Å²) in [4.78, 5) is 49.3. The molecular weight excluding hydrogens is 528 g/mol. The Labute approximate surface area is 238 Å². The van der Waals surface area contributed by atoms with Crippen LogP contribution in [0.2, 0.25) is 0 Å². The topological polar surface area (TPSA) is 155 Å².